The van der Waals surface area contributed by atoms with Gasteiger partial charge in [-0.05, 0) is 36.2 Å². The van der Waals surface area contributed by atoms with Crippen LogP contribution in [0.15, 0.2) is 78.9 Å². The largest absolute Gasteiger partial charge is 0.507 e. The molecule has 37 heavy (non-hydrogen) atoms. The van der Waals surface area contributed by atoms with Crippen LogP contribution < -0.4 is 10.2 Å². The lowest BCUT2D eigenvalue weighted by atomic mass is 10.1. The van der Waals surface area contributed by atoms with E-state index in [1.807, 2.05) is 36.4 Å². The molecule has 0 atom stereocenters. The third-order valence-corrected chi connectivity index (χ3v) is 6.80. The molecule has 3 aromatic carbocycles. The number of thiazole rings is 1. The molecule has 0 fully saturated rings. The van der Waals surface area contributed by atoms with Crippen molar-refractivity contribution < 1.29 is 25.2 Å². The number of rotatable bonds is 11. The van der Waals surface area contributed by atoms with E-state index < -0.39 is 5.91 Å². The molecule has 0 aliphatic heterocycles. The Balaban J connectivity index is 1.54. The van der Waals surface area contributed by atoms with Crippen LogP contribution in [0.5, 0.6) is 5.75 Å². The molecule has 0 saturated carbocycles. The number of benzene rings is 3. The van der Waals surface area contributed by atoms with Crippen molar-refractivity contribution in [1.82, 2.24) is 10.4 Å². The van der Waals surface area contributed by atoms with Crippen LogP contribution in [0.2, 0.25) is 0 Å². The van der Waals surface area contributed by atoms with E-state index in [2.05, 4.69) is 44.3 Å². The second-order valence-corrected chi connectivity index (χ2v) is 9.43. The summed E-state index contributed by atoms with van der Waals surface area (Å²) >= 11 is 1.26. The van der Waals surface area contributed by atoms with Gasteiger partial charge in [0.1, 0.15) is 5.75 Å². The van der Waals surface area contributed by atoms with Gasteiger partial charge in [-0.2, -0.15) is 0 Å². The van der Waals surface area contributed by atoms with E-state index in [-0.39, 0.29) is 23.3 Å². The van der Waals surface area contributed by atoms with E-state index in [1.165, 1.54) is 17.4 Å². The lowest BCUT2D eigenvalue weighted by Gasteiger charge is -2.26. The van der Waals surface area contributed by atoms with Crippen molar-refractivity contribution in [2.75, 3.05) is 16.8 Å². The minimum absolute atomic E-state index is 0.0327. The third-order valence-electron chi connectivity index (χ3n) is 5.67. The summed E-state index contributed by atoms with van der Waals surface area (Å²) in [6.45, 7) is 3.07. The van der Waals surface area contributed by atoms with Gasteiger partial charge in [0.2, 0.25) is 0 Å². The standard InChI is InChI=1S/C27H28N4O5S/c1-19-25(14-15-36-31(34)35)37-27(28-19)29-26(33)23-16-22(12-13-24(23)32)30(17-20-8-4-2-5-9-20)18-21-10-6-3-7-11-21/h2-13,16,32,34-35H,14-15,17-18H2,1H3,(H,28,29,33). The summed E-state index contributed by atoms with van der Waals surface area (Å²) in [5.41, 5.74) is 3.87. The van der Waals surface area contributed by atoms with Crippen molar-refractivity contribution in [3.8, 4) is 5.75 Å². The van der Waals surface area contributed by atoms with E-state index in [4.69, 9.17) is 10.4 Å². The summed E-state index contributed by atoms with van der Waals surface area (Å²) in [5.74, 6) is -0.610. The lowest BCUT2D eigenvalue weighted by Crippen LogP contribution is -2.23. The molecule has 1 heterocycles. The molecule has 0 saturated heterocycles. The zero-order chi connectivity index (χ0) is 26.2. The number of nitrogens with zero attached hydrogens (tertiary/aromatic N) is 3. The molecule has 4 aromatic rings. The number of carbonyl (C=O) groups is 1. The maximum absolute atomic E-state index is 13.1. The van der Waals surface area contributed by atoms with E-state index in [0.29, 0.717) is 30.3 Å². The SMILES string of the molecule is Cc1nc(NC(=O)c2cc(N(Cc3ccccc3)Cc3ccccc3)ccc2O)sc1CCON(O)O. The van der Waals surface area contributed by atoms with Crippen molar-refractivity contribution in [2.45, 2.75) is 26.4 Å². The number of anilines is 2. The summed E-state index contributed by atoms with van der Waals surface area (Å²) in [4.78, 5) is 25.1. The highest BCUT2D eigenvalue weighted by Crippen LogP contribution is 2.29. The molecule has 4 N–H and O–H groups in total. The Morgan fingerprint density at radius 3 is 2.19 bits per heavy atom. The average molecular weight is 521 g/mol. The Morgan fingerprint density at radius 1 is 0.973 bits per heavy atom. The first kappa shape index (κ1) is 26.3. The molecular weight excluding hydrogens is 492 g/mol. The molecule has 0 aliphatic carbocycles. The maximum Gasteiger partial charge on any atom is 0.261 e. The fraction of sp³-hybridized carbons (Fsp3) is 0.185. The van der Waals surface area contributed by atoms with Crippen LogP contribution >= 0.6 is 11.3 Å². The summed E-state index contributed by atoms with van der Waals surface area (Å²) in [5, 5.41) is 30.7. The molecule has 0 radical (unpaired) electrons. The first-order chi connectivity index (χ1) is 17.9. The van der Waals surface area contributed by atoms with Gasteiger partial charge in [0.15, 0.2) is 5.13 Å². The molecule has 192 valence electrons. The van der Waals surface area contributed by atoms with Crippen molar-refractivity contribution >= 4 is 28.1 Å². The predicted octanol–water partition coefficient (Wildman–Crippen LogP) is 5.17. The summed E-state index contributed by atoms with van der Waals surface area (Å²) in [6.07, 6.45) is 0.381. The fourth-order valence-electron chi connectivity index (χ4n) is 3.85. The molecule has 0 bridgehead atoms. The second kappa shape index (κ2) is 12.4. The van der Waals surface area contributed by atoms with Crippen LogP contribution in [0.25, 0.3) is 0 Å². The van der Waals surface area contributed by atoms with Gasteiger partial charge in [0.25, 0.3) is 5.91 Å². The summed E-state index contributed by atoms with van der Waals surface area (Å²) in [6, 6.07) is 25.1. The number of carbonyl (C=O) groups excluding carboxylic acids is 1. The number of nitrogens with one attached hydrogen (secondary N) is 1. The Kier molecular flexibility index (Phi) is 8.83. The summed E-state index contributed by atoms with van der Waals surface area (Å²) in [7, 11) is 0. The maximum atomic E-state index is 13.1. The van der Waals surface area contributed by atoms with Crippen LogP contribution in [0.1, 0.15) is 32.1 Å². The van der Waals surface area contributed by atoms with Crippen LogP contribution in [0, 0.1) is 6.92 Å². The van der Waals surface area contributed by atoms with Crippen LogP contribution in [0.4, 0.5) is 10.8 Å². The topological polar surface area (TPSA) is 118 Å². The predicted molar refractivity (Wildman–Crippen MR) is 141 cm³/mol. The monoisotopic (exact) mass is 520 g/mol. The Morgan fingerprint density at radius 2 is 1.59 bits per heavy atom. The number of aromatic hydroxyl groups is 1. The van der Waals surface area contributed by atoms with Gasteiger partial charge in [-0.15, -0.1) is 11.3 Å². The van der Waals surface area contributed by atoms with Crippen LogP contribution in [-0.4, -0.2) is 38.4 Å². The normalized spacial score (nSPS) is 11.0. The van der Waals surface area contributed by atoms with E-state index >= 15 is 0 Å². The molecule has 1 amide bonds. The number of hydrogen-bond acceptors (Lipinski definition) is 9. The number of aromatic nitrogens is 1. The van der Waals surface area contributed by atoms with Gasteiger partial charge in [-0.25, -0.2) is 4.98 Å². The number of aryl methyl sites for hydroxylation is 1. The molecule has 4 rings (SSSR count). The molecule has 0 aliphatic rings. The second-order valence-electron chi connectivity index (χ2n) is 8.35. The van der Waals surface area contributed by atoms with Crippen molar-refractivity contribution in [2.24, 2.45) is 0 Å². The number of phenolic OH excluding ortho intramolecular Hbond substituents is 1. The minimum atomic E-state index is -0.479. The number of phenols is 1. The molecule has 0 spiro atoms. The first-order valence-corrected chi connectivity index (χ1v) is 12.4. The number of hydrogen-bond donors (Lipinski definition) is 4. The highest BCUT2D eigenvalue weighted by atomic mass is 32.1. The Bertz CT molecular complexity index is 1270. The van der Waals surface area contributed by atoms with Gasteiger partial charge < -0.3 is 10.0 Å². The highest BCUT2D eigenvalue weighted by molar-refractivity contribution is 7.15. The molecule has 1 aromatic heterocycles. The fourth-order valence-corrected chi connectivity index (χ4v) is 4.79. The Labute approximate surface area is 218 Å². The average Bonchev–Trinajstić information content (AvgIpc) is 3.23. The number of amides is 1. The van der Waals surface area contributed by atoms with Gasteiger partial charge in [-0.1, -0.05) is 60.7 Å². The van der Waals surface area contributed by atoms with E-state index in [1.54, 1.807) is 19.1 Å². The van der Waals surface area contributed by atoms with Gasteiger partial charge in [0.05, 0.1) is 23.3 Å². The van der Waals surface area contributed by atoms with Gasteiger partial charge in [0, 0.05) is 30.1 Å². The smallest absolute Gasteiger partial charge is 0.261 e. The third kappa shape index (κ3) is 7.35. The van der Waals surface area contributed by atoms with E-state index in [9.17, 15) is 9.90 Å². The van der Waals surface area contributed by atoms with Gasteiger partial charge >= 0.3 is 0 Å². The highest BCUT2D eigenvalue weighted by Gasteiger charge is 2.18. The first-order valence-electron chi connectivity index (χ1n) is 11.6. The Hall–Kier alpha value is -3.80. The van der Waals surface area contributed by atoms with Crippen LogP contribution in [0.3, 0.4) is 0 Å². The van der Waals surface area contributed by atoms with Crippen molar-refractivity contribution in [1.29, 1.82) is 0 Å². The molecule has 9 nitrogen and oxygen atoms in total. The van der Waals surface area contributed by atoms with Gasteiger partial charge in [-0.3, -0.25) is 25.4 Å². The molecule has 10 heteroatoms. The van der Waals surface area contributed by atoms with Crippen molar-refractivity contribution in [3.63, 3.8) is 0 Å². The lowest BCUT2D eigenvalue weighted by molar-refractivity contribution is -0.492. The van der Waals surface area contributed by atoms with Crippen molar-refractivity contribution in [3.05, 3.63) is 106 Å². The van der Waals surface area contributed by atoms with Crippen LogP contribution in [-0.2, 0) is 24.3 Å². The molecular formula is C27H28N4O5S. The minimum Gasteiger partial charge on any atom is -0.507 e. The zero-order valence-electron chi connectivity index (χ0n) is 20.2. The quantitative estimate of drug-likeness (QED) is 0.200. The van der Waals surface area contributed by atoms with E-state index in [0.717, 1.165) is 21.7 Å². The zero-order valence-corrected chi connectivity index (χ0v) is 21.1. The molecule has 0 unspecified atom stereocenters. The summed E-state index contributed by atoms with van der Waals surface area (Å²) < 4.78 is 0.